The zero-order valence-corrected chi connectivity index (χ0v) is 14.2. The van der Waals surface area contributed by atoms with E-state index in [4.69, 9.17) is 4.74 Å². The lowest BCUT2D eigenvalue weighted by Gasteiger charge is -2.32. The highest BCUT2D eigenvalue weighted by molar-refractivity contribution is 9.10. The number of rotatable bonds is 5. The number of nitrogens with zero attached hydrogens (tertiary/aromatic N) is 1. The molecule has 1 aliphatic rings. The summed E-state index contributed by atoms with van der Waals surface area (Å²) in [5.41, 5.74) is 0. The van der Waals surface area contributed by atoms with E-state index in [1.807, 2.05) is 24.3 Å². The normalized spacial score (nSPS) is 18.2. The monoisotopic (exact) mass is 354 g/mol. The van der Waals surface area contributed by atoms with Gasteiger partial charge in [0.15, 0.2) is 6.10 Å². The van der Waals surface area contributed by atoms with Crippen LogP contribution in [0.1, 0.15) is 26.7 Å². The van der Waals surface area contributed by atoms with Crippen molar-refractivity contribution in [3.63, 3.8) is 0 Å². The summed E-state index contributed by atoms with van der Waals surface area (Å²) in [6.45, 7) is 7.16. The van der Waals surface area contributed by atoms with Gasteiger partial charge in [0, 0.05) is 23.6 Å². The van der Waals surface area contributed by atoms with Gasteiger partial charge in [-0.1, -0.05) is 28.9 Å². The molecule has 1 aromatic carbocycles. The quantitative estimate of drug-likeness (QED) is 0.883. The van der Waals surface area contributed by atoms with Crippen LogP contribution in [0.2, 0.25) is 0 Å². The number of benzene rings is 1. The van der Waals surface area contributed by atoms with Crippen LogP contribution in [0.4, 0.5) is 0 Å². The van der Waals surface area contributed by atoms with E-state index >= 15 is 0 Å². The molecule has 1 fully saturated rings. The summed E-state index contributed by atoms with van der Waals surface area (Å²) in [5.74, 6) is 0.665. The van der Waals surface area contributed by atoms with Crippen LogP contribution < -0.4 is 10.1 Å². The number of ether oxygens (including phenoxy) is 1. The van der Waals surface area contributed by atoms with Gasteiger partial charge in [-0.05, 0) is 44.5 Å². The standard InChI is InChI=1S/C16H23BrN2O2/c1-3-19-9-7-14(8-10-19)18-16(20)12(2)21-15-6-4-5-13(17)11-15/h4-6,11-12,14H,3,7-10H2,1-2H3,(H,18,20). The van der Waals surface area contributed by atoms with E-state index in [1.165, 1.54) is 0 Å². The first-order valence-electron chi connectivity index (χ1n) is 7.53. The minimum atomic E-state index is -0.483. The average molecular weight is 355 g/mol. The summed E-state index contributed by atoms with van der Waals surface area (Å²) in [6, 6.07) is 7.82. The Morgan fingerprint density at radius 2 is 2.19 bits per heavy atom. The van der Waals surface area contributed by atoms with Gasteiger partial charge in [0.2, 0.25) is 0 Å². The lowest BCUT2D eigenvalue weighted by atomic mass is 10.0. The molecule has 1 unspecified atom stereocenters. The second-order valence-corrected chi connectivity index (χ2v) is 6.35. The zero-order valence-electron chi connectivity index (χ0n) is 12.6. The Hall–Kier alpha value is -1.07. The Morgan fingerprint density at radius 1 is 1.48 bits per heavy atom. The van der Waals surface area contributed by atoms with Crippen molar-refractivity contribution >= 4 is 21.8 Å². The van der Waals surface area contributed by atoms with Gasteiger partial charge >= 0.3 is 0 Å². The van der Waals surface area contributed by atoms with Crippen molar-refractivity contribution in [1.82, 2.24) is 10.2 Å². The highest BCUT2D eigenvalue weighted by Crippen LogP contribution is 2.19. The van der Waals surface area contributed by atoms with E-state index in [0.717, 1.165) is 36.9 Å². The third kappa shape index (κ3) is 5.00. The highest BCUT2D eigenvalue weighted by Gasteiger charge is 2.22. The van der Waals surface area contributed by atoms with Gasteiger partial charge in [0.1, 0.15) is 5.75 Å². The molecule has 2 rings (SSSR count). The summed E-state index contributed by atoms with van der Waals surface area (Å²) in [6.07, 6.45) is 1.55. The van der Waals surface area contributed by atoms with Crippen LogP contribution in [-0.4, -0.2) is 42.6 Å². The van der Waals surface area contributed by atoms with Crippen LogP contribution in [0.25, 0.3) is 0 Å². The van der Waals surface area contributed by atoms with Gasteiger partial charge < -0.3 is 15.0 Å². The zero-order chi connectivity index (χ0) is 15.2. The fourth-order valence-corrected chi connectivity index (χ4v) is 2.89. The van der Waals surface area contributed by atoms with Gasteiger partial charge in [-0.25, -0.2) is 0 Å². The molecule has 0 aliphatic carbocycles. The molecule has 1 heterocycles. The van der Waals surface area contributed by atoms with Crippen molar-refractivity contribution in [2.75, 3.05) is 19.6 Å². The average Bonchev–Trinajstić information content (AvgIpc) is 2.48. The van der Waals surface area contributed by atoms with Gasteiger partial charge in [-0.15, -0.1) is 0 Å². The van der Waals surface area contributed by atoms with Crippen molar-refractivity contribution in [2.45, 2.75) is 38.8 Å². The minimum absolute atomic E-state index is 0.0371. The predicted octanol–water partition coefficient (Wildman–Crippen LogP) is 2.82. The smallest absolute Gasteiger partial charge is 0.260 e. The first-order chi connectivity index (χ1) is 10.1. The van der Waals surface area contributed by atoms with Crippen molar-refractivity contribution in [1.29, 1.82) is 0 Å². The van der Waals surface area contributed by atoms with E-state index in [-0.39, 0.29) is 11.9 Å². The summed E-state index contributed by atoms with van der Waals surface area (Å²) in [5, 5.41) is 3.10. The molecule has 4 nitrogen and oxygen atoms in total. The van der Waals surface area contributed by atoms with Crippen molar-refractivity contribution in [3.8, 4) is 5.75 Å². The maximum atomic E-state index is 12.2. The van der Waals surface area contributed by atoms with Gasteiger partial charge in [-0.3, -0.25) is 4.79 Å². The van der Waals surface area contributed by atoms with Crippen LogP contribution >= 0.6 is 15.9 Å². The van der Waals surface area contributed by atoms with E-state index in [0.29, 0.717) is 5.75 Å². The molecule has 0 radical (unpaired) electrons. The van der Waals surface area contributed by atoms with Gasteiger partial charge in [0.25, 0.3) is 5.91 Å². The van der Waals surface area contributed by atoms with E-state index in [9.17, 15) is 4.79 Å². The summed E-state index contributed by atoms with van der Waals surface area (Å²) in [7, 11) is 0. The number of hydrogen-bond donors (Lipinski definition) is 1. The molecule has 1 amide bonds. The number of carbonyl (C=O) groups is 1. The van der Waals surface area contributed by atoms with Crippen LogP contribution in [0.5, 0.6) is 5.75 Å². The molecule has 1 aromatic rings. The van der Waals surface area contributed by atoms with E-state index in [1.54, 1.807) is 6.92 Å². The minimum Gasteiger partial charge on any atom is -0.481 e. The Morgan fingerprint density at radius 3 is 2.81 bits per heavy atom. The van der Waals surface area contributed by atoms with Gasteiger partial charge in [-0.2, -0.15) is 0 Å². The second-order valence-electron chi connectivity index (χ2n) is 5.43. The predicted molar refractivity (Wildman–Crippen MR) is 87.5 cm³/mol. The molecule has 0 aromatic heterocycles. The first-order valence-corrected chi connectivity index (χ1v) is 8.32. The topological polar surface area (TPSA) is 41.6 Å². The molecular formula is C16H23BrN2O2. The first kappa shape index (κ1) is 16.3. The Labute approximate surface area is 135 Å². The number of hydrogen-bond acceptors (Lipinski definition) is 3. The van der Waals surface area contributed by atoms with Crippen molar-refractivity contribution in [3.05, 3.63) is 28.7 Å². The SMILES string of the molecule is CCN1CCC(NC(=O)C(C)Oc2cccc(Br)c2)CC1. The number of halogens is 1. The number of likely N-dealkylation sites (tertiary alicyclic amines) is 1. The molecule has 21 heavy (non-hydrogen) atoms. The Bertz CT molecular complexity index is 473. The van der Waals surface area contributed by atoms with Crippen LogP contribution in [0.3, 0.4) is 0 Å². The maximum absolute atomic E-state index is 12.2. The number of amides is 1. The van der Waals surface area contributed by atoms with E-state index in [2.05, 4.69) is 33.1 Å². The highest BCUT2D eigenvalue weighted by atomic mass is 79.9. The third-order valence-electron chi connectivity index (χ3n) is 3.86. The molecular weight excluding hydrogens is 332 g/mol. The Balaban J connectivity index is 1.80. The molecule has 0 saturated carbocycles. The largest absolute Gasteiger partial charge is 0.481 e. The van der Waals surface area contributed by atoms with Crippen LogP contribution in [0.15, 0.2) is 28.7 Å². The van der Waals surface area contributed by atoms with Crippen LogP contribution in [-0.2, 0) is 4.79 Å². The summed E-state index contributed by atoms with van der Waals surface area (Å²) < 4.78 is 6.63. The summed E-state index contributed by atoms with van der Waals surface area (Å²) in [4.78, 5) is 14.6. The molecule has 5 heteroatoms. The van der Waals surface area contributed by atoms with Crippen LogP contribution in [0, 0.1) is 0 Å². The molecule has 0 bridgehead atoms. The number of carbonyl (C=O) groups excluding carboxylic acids is 1. The third-order valence-corrected chi connectivity index (χ3v) is 4.35. The summed E-state index contributed by atoms with van der Waals surface area (Å²) >= 11 is 3.40. The second kappa shape index (κ2) is 7.80. The van der Waals surface area contributed by atoms with Crippen molar-refractivity contribution in [2.24, 2.45) is 0 Å². The fourth-order valence-electron chi connectivity index (χ4n) is 2.51. The molecule has 1 aliphatic heterocycles. The lowest BCUT2D eigenvalue weighted by molar-refractivity contribution is -0.128. The molecule has 1 atom stereocenters. The lowest BCUT2D eigenvalue weighted by Crippen LogP contribution is -2.48. The van der Waals surface area contributed by atoms with Crippen molar-refractivity contribution < 1.29 is 9.53 Å². The van der Waals surface area contributed by atoms with E-state index < -0.39 is 6.10 Å². The number of nitrogens with one attached hydrogen (secondary N) is 1. The molecule has 0 spiro atoms. The molecule has 1 N–H and O–H groups in total. The number of piperidine rings is 1. The van der Waals surface area contributed by atoms with Gasteiger partial charge in [0.05, 0.1) is 0 Å². The molecule has 116 valence electrons. The maximum Gasteiger partial charge on any atom is 0.260 e. The fraction of sp³-hybridized carbons (Fsp3) is 0.562. The molecule has 1 saturated heterocycles. The Kier molecular flexibility index (Phi) is 6.06.